The lowest BCUT2D eigenvalue weighted by molar-refractivity contribution is -0.384. The average Bonchev–Trinajstić information content (AvgIpc) is 2.67. The molecule has 0 bridgehead atoms. The number of carbonyl (C=O) groups is 2. The molecule has 1 N–H and O–H groups in total. The number of non-ortho nitro benzene ring substituents is 1. The first kappa shape index (κ1) is 22.7. The number of ether oxygens (including phenoxy) is 2. The summed E-state index contributed by atoms with van der Waals surface area (Å²) < 4.78 is 10.3. The summed E-state index contributed by atoms with van der Waals surface area (Å²) in [6.07, 6.45) is 0. The van der Waals surface area contributed by atoms with Crippen molar-refractivity contribution in [2.24, 2.45) is 0 Å². The molecule has 8 nitrogen and oxygen atoms in total. The Hall–Kier alpha value is -2.58. The molecule has 1 heterocycles. The van der Waals surface area contributed by atoms with Crippen LogP contribution < -0.4 is 5.32 Å². The number of carbonyl (C=O) groups excluding carboxylic acids is 2. The van der Waals surface area contributed by atoms with Crippen molar-refractivity contribution in [1.29, 1.82) is 0 Å². The van der Waals surface area contributed by atoms with E-state index >= 15 is 0 Å². The van der Waals surface area contributed by atoms with E-state index < -0.39 is 27.6 Å². The maximum atomic E-state index is 12.8. The van der Waals surface area contributed by atoms with E-state index in [1.807, 2.05) is 0 Å². The van der Waals surface area contributed by atoms with Crippen LogP contribution in [0.5, 0.6) is 0 Å². The van der Waals surface area contributed by atoms with Crippen molar-refractivity contribution < 1.29 is 24.0 Å². The Morgan fingerprint density at radius 2 is 1.76 bits per heavy atom. The molecule has 0 saturated heterocycles. The summed E-state index contributed by atoms with van der Waals surface area (Å²) in [6, 6.07) is 5.64. The predicted molar refractivity (Wildman–Crippen MR) is 107 cm³/mol. The fourth-order valence-electron chi connectivity index (χ4n) is 3.09. The Kier molecular flexibility index (Phi) is 7.64. The Morgan fingerprint density at radius 3 is 2.28 bits per heavy atom. The minimum absolute atomic E-state index is 0.00370. The summed E-state index contributed by atoms with van der Waals surface area (Å²) in [5.74, 6) is -2.42. The largest absolute Gasteiger partial charge is 0.463 e. The molecule has 0 aliphatic carbocycles. The number of alkyl halides is 2. The second-order valence-corrected chi connectivity index (χ2v) is 7.11. The van der Waals surface area contributed by atoms with Gasteiger partial charge in [-0.25, -0.2) is 9.59 Å². The topological polar surface area (TPSA) is 108 Å². The van der Waals surface area contributed by atoms with Gasteiger partial charge in [0.05, 0.1) is 40.9 Å². The van der Waals surface area contributed by atoms with Crippen LogP contribution >= 0.6 is 23.2 Å². The molecule has 0 spiro atoms. The smallest absolute Gasteiger partial charge is 0.336 e. The van der Waals surface area contributed by atoms with Gasteiger partial charge in [-0.1, -0.05) is 35.3 Å². The minimum atomic E-state index is -1.13. The highest BCUT2D eigenvalue weighted by atomic mass is 35.5. The van der Waals surface area contributed by atoms with Crippen LogP contribution in [0.2, 0.25) is 0 Å². The normalized spacial score (nSPS) is 16.6. The van der Waals surface area contributed by atoms with Gasteiger partial charge in [0.15, 0.2) is 0 Å². The number of nitro groups is 1. The van der Waals surface area contributed by atoms with Gasteiger partial charge in [-0.05, 0) is 26.3 Å². The zero-order valence-electron chi connectivity index (χ0n) is 16.0. The van der Waals surface area contributed by atoms with Crippen LogP contribution in [0.25, 0.3) is 0 Å². The van der Waals surface area contributed by atoms with Gasteiger partial charge in [0.1, 0.15) is 4.84 Å². The van der Waals surface area contributed by atoms with E-state index in [2.05, 4.69) is 5.32 Å². The summed E-state index contributed by atoms with van der Waals surface area (Å²) in [7, 11) is 0. The number of nitro benzene ring substituents is 1. The van der Waals surface area contributed by atoms with Crippen LogP contribution in [0.4, 0.5) is 5.69 Å². The number of hydrogen-bond acceptors (Lipinski definition) is 7. The van der Waals surface area contributed by atoms with Crippen LogP contribution in [0, 0.1) is 10.1 Å². The SMILES string of the molecule is CCOC(=O)C1=C(C)NC(C(Cl)Cl)=C(C(=O)OCC)C1c1cccc([N+](=O)[O-])c1. The molecule has 1 aliphatic rings. The summed E-state index contributed by atoms with van der Waals surface area (Å²) in [4.78, 5) is 35.1. The van der Waals surface area contributed by atoms with Gasteiger partial charge in [0.25, 0.3) is 5.69 Å². The molecule has 1 aliphatic heterocycles. The van der Waals surface area contributed by atoms with Crippen molar-refractivity contribution in [2.75, 3.05) is 13.2 Å². The van der Waals surface area contributed by atoms with Gasteiger partial charge in [0.2, 0.25) is 0 Å². The molecule has 1 aromatic carbocycles. The second kappa shape index (κ2) is 9.76. The van der Waals surface area contributed by atoms with Crippen LogP contribution in [-0.4, -0.2) is 34.9 Å². The van der Waals surface area contributed by atoms with Crippen LogP contribution in [0.15, 0.2) is 46.8 Å². The molecule has 0 aromatic heterocycles. The van der Waals surface area contributed by atoms with Gasteiger partial charge in [0, 0.05) is 17.8 Å². The Labute approximate surface area is 177 Å². The fraction of sp³-hybridized carbons (Fsp3) is 0.368. The number of esters is 2. The van der Waals surface area contributed by atoms with Crippen molar-refractivity contribution in [3.8, 4) is 0 Å². The zero-order valence-corrected chi connectivity index (χ0v) is 17.5. The van der Waals surface area contributed by atoms with Gasteiger partial charge >= 0.3 is 11.9 Å². The number of allylic oxidation sites excluding steroid dienone is 2. The highest BCUT2D eigenvalue weighted by Gasteiger charge is 2.40. The van der Waals surface area contributed by atoms with E-state index in [0.29, 0.717) is 11.3 Å². The molecule has 156 valence electrons. The van der Waals surface area contributed by atoms with E-state index in [9.17, 15) is 19.7 Å². The number of dihydropyridines is 1. The van der Waals surface area contributed by atoms with E-state index in [4.69, 9.17) is 32.7 Å². The fourth-order valence-corrected chi connectivity index (χ4v) is 3.44. The summed E-state index contributed by atoms with van der Waals surface area (Å²) in [5.41, 5.74) is 0.768. The van der Waals surface area contributed by atoms with Gasteiger partial charge in [-0.15, -0.1) is 0 Å². The maximum Gasteiger partial charge on any atom is 0.336 e. The molecule has 0 fully saturated rings. The molecule has 1 unspecified atom stereocenters. The van der Waals surface area contributed by atoms with Crippen LogP contribution in [-0.2, 0) is 19.1 Å². The molecule has 1 atom stereocenters. The first-order valence-corrected chi connectivity index (χ1v) is 9.68. The Morgan fingerprint density at radius 1 is 1.17 bits per heavy atom. The lowest BCUT2D eigenvalue weighted by Crippen LogP contribution is -2.35. The Balaban J connectivity index is 2.78. The minimum Gasteiger partial charge on any atom is -0.463 e. The average molecular weight is 443 g/mol. The van der Waals surface area contributed by atoms with Crippen LogP contribution in [0.1, 0.15) is 32.3 Å². The molecule has 0 saturated carbocycles. The van der Waals surface area contributed by atoms with Crippen molar-refractivity contribution in [1.82, 2.24) is 5.32 Å². The van der Waals surface area contributed by atoms with Gasteiger partial charge in [-0.2, -0.15) is 0 Å². The first-order chi connectivity index (χ1) is 13.7. The number of nitrogens with zero attached hydrogens (tertiary/aromatic N) is 1. The maximum absolute atomic E-state index is 12.8. The first-order valence-electron chi connectivity index (χ1n) is 8.81. The summed E-state index contributed by atoms with van der Waals surface area (Å²) in [6.45, 7) is 5.06. The van der Waals surface area contributed by atoms with Crippen molar-refractivity contribution >= 4 is 40.8 Å². The molecule has 0 amide bonds. The Bertz CT molecular complexity index is 894. The molecular weight excluding hydrogens is 423 g/mol. The predicted octanol–water partition coefficient (Wildman–Crippen LogP) is 3.74. The molecule has 0 radical (unpaired) electrons. The molecule has 2 rings (SSSR count). The highest BCUT2D eigenvalue weighted by molar-refractivity contribution is 6.46. The number of rotatable bonds is 7. The summed E-state index contributed by atoms with van der Waals surface area (Å²) in [5, 5.41) is 14.1. The third-order valence-electron chi connectivity index (χ3n) is 4.22. The third-order valence-corrected chi connectivity index (χ3v) is 4.65. The third kappa shape index (κ3) is 4.89. The molecule has 29 heavy (non-hydrogen) atoms. The molecule has 10 heteroatoms. The second-order valence-electron chi connectivity index (χ2n) is 6.02. The van der Waals surface area contributed by atoms with Gasteiger partial charge in [-0.3, -0.25) is 10.1 Å². The molecule has 1 aromatic rings. The van der Waals surface area contributed by atoms with E-state index in [1.165, 1.54) is 18.2 Å². The van der Waals surface area contributed by atoms with Crippen LogP contribution in [0.3, 0.4) is 0 Å². The van der Waals surface area contributed by atoms with E-state index in [0.717, 1.165) is 0 Å². The number of nitrogens with one attached hydrogen (secondary N) is 1. The highest BCUT2D eigenvalue weighted by Crippen LogP contribution is 2.41. The van der Waals surface area contributed by atoms with E-state index in [-0.39, 0.29) is 35.7 Å². The quantitative estimate of drug-likeness (QED) is 0.296. The van der Waals surface area contributed by atoms with Crippen molar-refractivity contribution in [2.45, 2.75) is 31.5 Å². The lowest BCUT2D eigenvalue weighted by atomic mass is 9.80. The summed E-state index contributed by atoms with van der Waals surface area (Å²) >= 11 is 12.1. The zero-order chi connectivity index (χ0) is 21.7. The van der Waals surface area contributed by atoms with Gasteiger partial charge < -0.3 is 14.8 Å². The van der Waals surface area contributed by atoms with Crippen molar-refractivity contribution in [3.05, 3.63) is 62.5 Å². The molecular formula is C19H20Cl2N2O6. The number of hydrogen-bond donors (Lipinski definition) is 1. The van der Waals surface area contributed by atoms with Crippen molar-refractivity contribution in [3.63, 3.8) is 0 Å². The number of benzene rings is 1. The lowest BCUT2D eigenvalue weighted by Gasteiger charge is -2.31. The monoisotopic (exact) mass is 442 g/mol. The number of halogens is 2. The van der Waals surface area contributed by atoms with E-state index in [1.54, 1.807) is 26.8 Å². The standard InChI is InChI=1S/C19H20Cl2N2O6/c1-4-28-18(24)13-10(3)22-16(17(20)21)15(19(25)29-5-2)14(13)11-7-6-8-12(9-11)23(26)27/h6-9,14,17,22H,4-5H2,1-3H3.